The average Bonchev–Trinajstić information content (AvgIpc) is 2.37. The van der Waals surface area contributed by atoms with Crippen LogP contribution in [0.4, 0.5) is 0 Å². The van der Waals surface area contributed by atoms with Gasteiger partial charge >= 0.3 is 0 Å². The Hall–Kier alpha value is -0.0500. The fourth-order valence-corrected chi connectivity index (χ4v) is 1.89. The second-order valence-corrected chi connectivity index (χ2v) is 4.18. The Morgan fingerprint density at radius 2 is 2.36 bits per heavy atom. The molecule has 0 aromatic carbocycles. The van der Waals surface area contributed by atoms with Crippen molar-refractivity contribution in [3.63, 3.8) is 0 Å². The lowest BCUT2D eigenvalue weighted by molar-refractivity contribution is 0.681. The van der Waals surface area contributed by atoms with Gasteiger partial charge in [-0.1, -0.05) is 18.5 Å². The second kappa shape index (κ2) is 4.75. The van der Waals surface area contributed by atoms with Crippen molar-refractivity contribution in [3.8, 4) is 0 Å². The third kappa shape index (κ3) is 3.23. The topological polar surface area (TPSA) is 12.0 Å². The zero-order valence-corrected chi connectivity index (χ0v) is 8.13. The SMILES string of the molecule is CCCNCc1ccc(Cl)s1. The van der Waals surface area contributed by atoms with Crippen LogP contribution < -0.4 is 5.32 Å². The van der Waals surface area contributed by atoms with E-state index in [1.807, 2.05) is 6.07 Å². The van der Waals surface area contributed by atoms with Crippen LogP contribution in [0, 0.1) is 0 Å². The van der Waals surface area contributed by atoms with Gasteiger partial charge in [-0.15, -0.1) is 11.3 Å². The molecule has 1 rings (SSSR count). The highest BCUT2D eigenvalue weighted by Crippen LogP contribution is 2.20. The molecule has 1 aromatic heterocycles. The Balaban J connectivity index is 2.27. The number of thiophene rings is 1. The Kier molecular flexibility index (Phi) is 3.91. The minimum Gasteiger partial charge on any atom is -0.312 e. The molecule has 11 heavy (non-hydrogen) atoms. The lowest BCUT2D eigenvalue weighted by atomic mass is 10.4. The van der Waals surface area contributed by atoms with Crippen LogP contribution in [0.5, 0.6) is 0 Å². The molecule has 0 saturated carbocycles. The van der Waals surface area contributed by atoms with Crippen LogP contribution >= 0.6 is 22.9 Å². The number of hydrogen-bond acceptors (Lipinski definition) is 2. The molecule has 0 spiro atoms. The fraction of sp³-hybridized carbons (Fsp3) is 0.500. The molecule has 0 saturated heterocycles. The van der Waals surface area contributed by atoms with E-state index in [1.54, 1.807) is 11.3 Å². The Morgan fingerprint density at radius 1 is 1.55 bits per heavy atom. The molecule has 62 valence electrons. The van der Waals surface area contributed by atoms with Crippen LogP contribution in [0.25, 0.3) is 0 Å². The summed E-state index contributed by atoms with van der Waals surface area (Å²) >= 11 is 7.41. The highest BCUT2D eigenvalue weighted by atomic mass is 35.5. The minimum atomic E-state index is 0.873. The molecule has 0 unspecified atom stereocenters. The third-order valence-electron chi connectivity index (χ3n) is 1.35. The van der Waals surface area contributed by atoms with Crippen LogP contribution in [0.1, 0.15) is 18.2 Å². The zero-order chi connectivity index (χ0) is 8.10. The van der Waals surface area contributed by atoms with Gasteiger partial charge in [-0.3, -0.25) is 0 Å². The van der Waals surface area contributed by atoms with Gasteiger partial charge < -0.3 is 5.32 Å². The van der Waals surface area contributed by atoms with Crippen molar-refractivity contribution >= 4 is 22.9 Å². The highest BCUT2D eigenvalue weighted by molar-refractivity contribution is 7.16. The van der Waals surface area contributed by atoms with Crippen molar-refractivity contribution in [2.45, 2.75) is 19.9 Å². The van der Waals surface area contributed by atoms with Gasteiger partial charge in [0.15, 0.2) is 0 Å². The lowest BCUT2D eigenvalue weighted by Crippen LogP contribution is -2.12. The van der Waals surface area contributed by atoms with Crippen molar-refractivity contribution in [1.82, 2.24) is 5.32 Å². The molecule has 0 radical (unpaired) electrons. The van der Waals surface area contributed by atoms with Crippen LogP contribution in [-0.2, 0) is 6.54 Å². The summed E-state index contributed by atoms with van der Waals surface area (Å²) in [6.07, 6.45) is 1.18. The maximum Gasteiger partial charge on any atom is 0.0931 e. The van der Waals surface area contributed by atoms with E-state index in [4.69, 9.17) is 11.6 Å². The van der Waals surface area contributed by atoms with Crippen molar-refractivity contribution in [2.24, 2.45) is 0 Å². The van der Waals surface area contributed by atoms with E-state index in [2.05, 4.69) is 18.3 Å². The maximum absolute atomic E-state index is 5.76. The number of hydrogen-bond donors (Lipinski definition) is 1. The van der Waals surface area contributed by atoms with Gasteiger partial charge in [0.05, 0.1) is 4.34 Å². The first kappa shape index (κ1) is 9.04. The molecule has 1 aromatic rings. The fourth-order valence-electron chi connectivity index (χ4n) is 0.835. The normalized spacial score (nSPS) is 10.4. The van der Waals surface area contributed by atoms with Gasteiger partial charge in [-0.25, -0.2) is 0 Å². The molecule has 0 fully saturated rings. The maximum atomic E-state index is 5.76. The van der Waals surface area contributed by atoms with Crippen molar-refractivity contribution in [1.29, 1.82) is 0 Å². The molecule has 1 heterocycles. The molecule has 1 N–H and O–H groups in total. The first-order chi connectivity index (χ1) is 5.33. The Morgan fingerprint density at radius 3 is 2.91 bits per heavy atom. The van der Waals surface area contributed by atoms with Crippen molar-refractivity contribution in [2.75, 3.05) is 6.54 Å². The van der Waals surface area contributed by atoms with Crippen LogP contribution in [0.2, 0.25) is 4.34 Å². The van der Waals surface area contributed by atoms with Crippen LogP contribution in [-0.4, -0.2) is 6.54 Å². The Bertz CT molecular complexity index is 210. The standard InChI is InChI=1S/C8H12ClNS/c1-2-5-10-6-7-3-4-8(9)11-7/h3-4,10H,2,5-6H2,1H3. The Labute approximate surface area is 76.4 Å². The van der Waals surface area contributed by atoms with E-state index in [-0.39, 0.29) is 0 Å². The molecule has 0 amide bonds. The molecular formula is C8H12ClNS. The summed E-state index contributed by atoms with van der Waals surface area (Å²) < 4.78 is 0.873. The number of rotatable bonds is 4. The van der Waals surface area contributed by atoms with Crippen LogP contribution in [0.15, 0.2) is 12.1 Å². The van der Waals surface area contributed by atoms with E-state index >= 15 is 0 Å². The smallest absolute Gasteiger partial charge is 0.0931 e. The predicted octanol–water partition coefficient (Wildman–Crippen LogP) is 2.90. The highest BCUT2D eigenvalue weighted by Gasteiger charge is 1.95. The number of halogens is 1. The van der Waals surface area contributed by atoms with E-state index < -0.39 is 0 Å². The van der Waals surface area contributed by atoms with Gasteiger partial charge in [0, 0.05) is 11.4 Å². The molecule has 0 aliphatic heterocycles. The van der Waals surface area contributed by atoms with E-state index in [1.165, 1.54) is 11.3 Å². The summed E-state index contributed by atoms with van der Waals surface area (Å²) in [5, 5.41) is 3.32. The summed E-state index contributed by atoms with van der Waals surface area (Å²) in [6.45, 7) is 4.19. The lowest BCUT2D eigenvalue weighted by Gasteiger charge is -1.97. The van der Waals surface area contributed by atoms with Gasteiger partial charge in [0.25, 0.3) is 0 Å². The van der Waals surface area contributed by atoms with Crippen molar-refractivity contribution in [3.05, 3.63) is 21.3 Å². The largest absolute Gasteiger partial charge is 0.312 e. The van der Waals surface area contributed by atoms with E-state index in [9.17, 15) is 0 Å². The van der Waals surface area contributed by atoms with Gasteiger partial charge in [0.1, 0.15) is 0 Å². The molecule has 3 heteroatoms. The molecule has 1 nitrogen and oxygen atoms in total. The van der Waals surface area contributed by atoms with E-state index in [0.717, 1.165) is 17.4 Å². The van der Waals surface area contributed by atoms with Crippen LogP contribution in [0.3, 0.4) is 0 Å². The monoisotopic (exact) mass is 189 g/mol. The molecule has 0 aliphatic carbocycles. The molecule has 0 bridgehead atoms. The second-order valence-electron chi connectivity index (χ2n) is 2.38. The third-order valence-corrected chi connectivity index (χ3v) is 2.59. The first-order valence-corrected chi connectivity index (χ1v) is 4.97. The quantitative estimate of drug-likeness (QED) is 0.719. The summed E-state index contributed by atoms with van der Waals surface area (Å²) in [6, 6.07) is 4.00. The number of nitrogens with one attached hydrogen (secondary N) is 1. The predicted molar refractivity (Wildman–Crippen MR) is 51.3 cm³/mol. The average molecular weight is 190 g/mol. The van der Waals surface area contributed by atoms with E-state index in [0.29, 0.717) is 0 Å². The molecule has 0 atom stereocenters. The molecular weight excluding hydrogens is 178 g/mol. The summed E-state index contributed by atoms with van der Waals surface area (Å²) in [4.78, 5) is 1.31. The first-order valence-electron chi connectivity index (χ1n) is 3.78. The summed E-state index contributed by atoms with van der Waals surface area (Å²) in [5.74, 6) is 0. The van der Waals surface area contributed by atoms with Gasteiger partial charge in [-0.2, -0.15) is 0 Å². The summed E-state index contributed by atoms with van der Waals surface area (Å²) in [5.41, 5.74) is 0. The van der Waals surface area contributed by atoms with Gasteiger partial charge in [0.2, 0.25) is 0 Å². The zero-order valence-electron chi connectivity index (χ0n) is 6.56. The summed E-state index contributed by atoms with van der Waals surface area (Å²) in [7, 11) is 0. The van der Waals surface area contributed by atoms with Crippen molar-refractivity contribution < 1.29 is 0 Å². The minimum absolute atomic E-state index is 0.873. The van der Waals surface area contributed by atoms with Gasteiger partial charge in [-0.05, 0) is 25.1 Å². The molecule has 0 aliphatic rings.